The molecular formula is C17H23NO6. The van der Waals surface area contributed by atoms with Crippen LogP contribution in [0, 0.1) is 0 Å². The average molecular weight is 337 g/mol. The number of rotatable bonds is 3. The minimum absolute atomic E-state index is 0.140. The summed E-state index contributed by atoms with van der Waals surface area (Å²) < 4.78 is 15.9. The number of carbonyl (C=O) groups excluding carboxylic acids is 1. The van der Waals surface area contributed by atoms with E-state index in [2.05, 4.69) is 0 Å². The summed E-state index contributed by atoms with van der Waals surface area (Å²) in [6.45, 7) is 5.37. The van der Waals surface area contributed by atoms with E-state index in [9.17, 15) is 14.7 Å². The first-order valence-electron chi connectivity index (χ1n) is 7.62. The van der Waals surface area contributed by atoms with E-state index in [0.717, 1.165) is 11.1 Å². The number of carboxylic acid groups (broad SMARTS) is 1. The molecule has 7 nitrogen and oxygen atoms in total. The van der Waals surface area contributed by atoms with Gasteiger partial charge in [0.15, 0.2) is 11.5 Å². The van der Waals surface area contributed by atoms with Crippen LogP contribution in [0.25, 0.3) is 0 Å². The second kappa shape index (κ2) is 6.59. The summed E-state index contributed by atoms with van der Waals surface area (Å²) in [5.74, 6) is 0.00145. The quantitative estimate of drug-likeness (QED) is 0.912. The van der Waals surface area contributed by atoms with Crippen molar-refractivity contribution < 1.29 is 28.9 Å². The molecule has 0 saturated heterocycles. The lowest BCUT2D eigenvalue weighted by molar-refractivity contribution is -0.143. The Hall–Kier alpha value is -2.44. The largest absolute Gasteiger partial charge is 0.493 e. The average Bonchev–Trinajstić information content (AvgIpc) is 2.50. The smallest absolute Gasteiger partial charge is 0.411 e. The number of aliphatic carboxylic acids is 1. The summed E-state index contributed by atoms with van der Waals surface area (Å²) in [6.07, 6.45) is -0.458. The van der Waals surface area contributed by atoms with Crippen molar-refractivity contribution in [3.63, 3.8) is 0 Å². The fraction of sp³-hybridized carbons (Fsp3) is 0.529. The molecule has 7 heteroatoms. The lowest BCUT2D eigenvalue weighted by Crippen LogP contribution is -2.50. The summed E-state index contributed by atoms with van der Waals surface area (Å²) in [4.78, 5) is 25.3. The minimum Gasteiger partial charge on any atom is -0.493 e. The maximum absolute atomic E-state index is 12.4. The van der Waals surface area contributed by atoms with Crippen LogP contribution in [0.5, 0.6) is 11.5 Å². The Bertz CT molecular complexity index is 649. The molecule has 1 N–H and O–H groups in total. The monoisotopic (exact) mass is 337 g/mol. The van der Waals surface area contributed by atoms with Gasteiger partial charge >= 0.3 is 12.1 Å². The predicted octanol–water partition coefficient (Wildman–Crippen LogP) is 2.45. The van der Waals surface area contributed by atoms with Gasteiger partial charge in [0.2, 0.25) is 0 Å². The van der Waals surface area contributed by atoms with Gasteiger partial charge in [-0.05, 0) is 44.0 Å². The molecule has 1 amide bonds. The van der Waals surface area contributed by atoms with Gasteiger partial charge < -0.3 is 19.3 Å². The van der Waals surface area contributed by atoms with E-state index in [0.29, 0.717) is 11.5 Å². The zero-order valence-corrected chi connectivity index (χ0v) is 14.6. The lowest BCUT2D eigenvalue weighted by atomic mass is 9.93. The second-order valence-corrected chi connectivity index (χ2v) is 6.64. The van der Waals surface area contributed by atoms with Gasteiger partial charge in [-0.3, -0.25) is 4.90 Å². The molecule has 2 rings (SSSR count). The highest BCUT2D eigenvalue weighted by atomic mass is 16.6. The summed E-state index contributed by atoms with van der Waals surface area (Å²) in [5.41, 5.74) is 0.939. The van der Waals surface area contributed by atoms with Crippen molar-refractivity contribution in [1.29, 1.82) is 0 Å². The Morgan fingerprint density at radius 3 is 2.12 bits per heavy atom. The lowest BCUT2D eigenvalue weighted by Gasteiger charge is -2.35. The van der Waals surface area contributed by atoms with Crippen LogP contribution in [0.15, 0.2) is 12.1 Å². The molecule has 1 heterocycles. The molecule has 1 aliphatic rings. The van der Waals surface area contributed by atoms with Crippen LogP contribution in [-0.4, -0.2) is 47.9 Å². The predicted molar refractivity (Wildman–Crippen MR) is 86.5 cm³/mol. The SMILES string of the molecule is COc1cc2c(cc1OC)CN(C(=O)OC(C)(C)C)[C@H](C(=O)O)C2. The Morgan fingerprint density at radius 2 is 1.67 bits per heavy atom. The highest BCUT2D eigenvalue weighted by molar-refractivity contribution is 5.81. The Balaban J connectivity index is 2.38. The van der Waals surface area contributed by atoms with Gasteiger partial charge in [0, 0.05) is 6.42 Å². The van der Waals surface area contributed by atoms with Crippen LogP contribution in [0.3, 0.4) is 0 Å². The number of carbonyl (C=O) groups is 2. The molecule has 0 aromatic heterocycles. The molecule has 0 aliphatic carbocycles. The Kier molecular flexibility index (Phi) is 4.91. The molecule has 0 fully saturated rings. The van der Waals surface area contributed by atoms with Gasteiger partial charge in [-0.15, -0.1) is 0 Å². The standard InChI is InChI=1S/C17H23NO6/c1-17(2,3)24-16(21)18-9-11-8-14(23-5)13(22-4)7-10(11)6-12(18)15(19)20/h7-8,12H,6,9H2,1-5H3,(H,19,20)/t12-/m0/s1. The van der Waals surface area contributed by atoms with E-state index in [1.54, 1.807) is 32.9 Å². The maximum Gasteiger partial charge on any atom is 0.411 e. The topological polar surface area (TPSA) is 85.3 Å². The third-order valence-corrected chi connectivity index (χ3v) is 3.75. The van der Waals surface area contributed by atoms with Gasteiger partial charge in [0.25, 0.3) is 0 Å². The molecule has 0 spiro atoms. The first kappa shape index (κ1) is 17.9. The molecule has 132 valence electrons. The number of methoxy groups -OCH3 is 2. The van der Waals surface area contributed by atoms with Crippen LogP contribution >= 0.6 is 0 Å². The first-order chi connectivity index (χ1) is 11.2. The number of hydrogen-bond donors (Lipinski definition) is 1. The van der Waals surface area contributed by atoms with E-state index >= 15 is 0 Å². The Labute approximate surface area is 141 Å². The number of hydrogen-bond acceptors (Lipinski definition) is 5. The maximum atomic E-state index is 12.4. The Morgan fingerprint density at radius 1 is 1.12 bits per heavy atom. The van der Waals surface area contributed by atoms with E-state index in [1.807, 2.05) is 0 Å². The second-order valence-electron chi connectivity index (χ2n) is 6.64. The third kappa shape index (κ3) is 3.72. The summed E-state index contributed by atoms with van der Waals surface area (Å²) in [5, 5.41) is 9.50. The van der Waals surface area contributed by atoms with Gasteiger partial charge in [0.1, 0.15) is 11.6 Å². The molecule has 0 unspecified atom stereocenters. The number of fused-ring (bicyclic) bond motifs is 1. The van der Waals surface area contributed by atoms with Crippen molar-refractivity contribution in [2.45, 2.75) is 45.4 Å². The summed E-state index contributed by atoms with van der Waals surface area (Å²) in [6, 6.07) is 2.55. The zero-order valence-electron chi connectivity index (χ0n) is 14.6. The van der Waals surface area contributed by atoms with Crippen molar-refractivity contribution in [1.82, 2.24) is 4.90 Å². The van der Waals surface area contributed by atoms with Crippen molar-refractivity contribution in [2.75, 3.05) is 14.2 Å². The number of benzene rings is 1. The fourth-order valence-corrected chi connectivity index (χ4v) is 2.65. The minimum atomic E-state index is -1.07. The van der Waals surface area contributed by atoms with Gasteiger partial charge in [0.05, 0.1) is 20.8 Å². The number of amides is 1. The molecule has 1 aliphatic heterocycles. The van der Waals surface area contributed by atoms with E-state index in [1.165, 1.54) is 19.1 Å². The molecule has 1 aromatic rings. The first-order valence-corrected chi connectivity index (χ1v) is 7.62. The highest BCUT2D eigenvalue weighted by Crippen LogP contribution is 2.35. The zero-order chi connectivity index (χ0) is 18.1. The van der Waals surface area contributed by atoms with Gasteiger partial charge in [-0.2, -0.15) is 0 Å². The molecule has 1 aromatic carbocycles. The highest BCUT2D eigenvalue weighted by Gasteiger charge is 2.37. The van der Waals surface area contributed by atoms with E-state index < -0.39 is 23.7 Å². The molecule has 0 saturated carbocycles. The summed E-state index contributed by atoms with van der Waals surface area (Å²) in [7, 11) is 3.05. The summed E-state index contributed by atoms with van der Waals surface area (Å²) >= 11 is 0. The van der Waals surface area contributed by atoms with Crippen LogP contribution in [0.1, 0.15) is 31.9 Å². The normalized spacial score (nSPS) is 17.0. The van der Waals surface area contributed by atoms with E-state index in [-0.39, 0.29) is 13.0 Å². The van der Waals surface area contributed by atoms with Crippen LogP contribution in [-0.2, 0) is 22.5 Å². The van der Waals surface area contributed by atoms with Crippen LogP contribution in [0.4, 0.5) is 4.79 Å². The van der Waals surface area contributed by atoms with Crippen molar-refractivity contribution >= 4 is 12.1 Å². The van der Waals surface area contributed by atoms with Crippen molar-refractivity contribution in [2.24, 2.45) is 0 Å². The number of ether oxygens (including phenoxy) is 3. The third-order valence-electron chi connectivity index (χ3n) is 3.75. The fourth-order valence-electron chi connectivity index (χ4n) is 2.65. The van der Waals surface area contributed by atoms with Crippen molar-refractivity contribution in [3.05, 3.63) is 23.3 Å². The van der Waals surface area contributed by atoms with Crippen molar-refractivity contribution in [3.8, 4) is 11.5 Å². The molecule has 0 radical (unpaired) electrons. The molecule has 24 heavy (non-hydrogen) atoms. The number of nitrogens with zero attached hydrogens (tertiary/aromatic N) is 1. The molecular weight excluding hydrogens is 314 g/mol. The van der Waals surface area contributed by atoms with Crippen LogP contribution < -0.4 is 9.47 Å². The van der Waals surface area contributed by atoms with Gasteiger partial charge in [-0.1, -0.05) is 0 Å². The van der Waals surface area contributed by atoms with E-state index in [4.69, 9.17) is 14.2 Å². The van der Waals surface area contributed by atoms with Gasteiger partial charge in [-0.25, -0.2) is 9.59 Å². The number of carboxylic acids is 1. The molecule has 1 atom stereocenters. The van der Waals surface area contributed by atoms with Crippen LogP contribution in [0.2, 0.25) is 0 Å². The molecule has 0 bridgehead atoms.